The van der Waals surface area contributed by atoms with Gasteiger partial charge in [0.05, 0.1) is 12.2 Å². The van der Waals surface area contributed by atoms with Gasteiger partial charge in [-0.05, 0) is 27.2 Å². The van der Waals surface area contributed by atoms with E-state index in [0.717, 1.165) is 6.42 Å². The number of rotatable bonds is 2. The van der Waals surface area contributed by atoms with Crippen LogP contribution in [-0.4, -0.2) is 30.6 Å². The predicted molar refractivity (Wildman–Crippen MR) is 58.1 cm³/mol. The van der Waals surface area contributed by atoms with Crippen molar-refractivity contribution in [2.75, 3.05) is 6.61 Å². The molecular formula is C12H18O4. The van der Waals surface area contributed by atoms with E-state index < -0.39 is 11.8 Å². The highest BCUT2D eigenvalue weighted by molar-refractivity contribution is 5.60. The molecule has 0 amide bonds. The van der Waals surface area contributed by atoms with Gasteiger partial charge in [-0.3, -0.25) is 0 Å². The second kappa shape index (κ2) is 4.09. The van der Waals surface area contributed by atoms with Crippen LogP contribution >= 0.6 is 0 Å². The highest BCUT2D eigenvalue weighted by Crippen LogP contribution is 2.33. The summed E-state index contributed by atoms with van der Waals surface area (Å²) in [4.78, 5) is 11.3. The largest absolute Gasteiger partial charge is 0.508 e. The van der Waals surface area contributed by atoms with Crippen LogP contribution in [0.3, 0.4) is 0 Å². The van der Waals surface area contributed by atoms with Crippen molar-refractivity contribution in [2.24, 2.45) is 5.92 Å². The molecule has 0 N–H and O–H groups in total. The quantitative estimate of drug-likeness (QED) is 0.535. The highest BCUT2D eigenvalue weighted by Gasteiger charge is 2.37. The highest BCUT2D eigenvalue weighted by atomic mass is 16.7. The summed E-state index contributed by atoms with van der Waals surface area (Å²) in [6, 6.07) is 0. The molecule has 3 atom stereocenters. The van der Waals surface area contributed by atoms with E-state index in [9.17, 15) is 4.79 Å². The molecule has 0 aliphatic carbocycles. The van der Waals surface area contributed by atoms with Crippen molar-refractivity contribution in [3.05, 3.63) is 12.2 Å². The molecule has 1 fully saturated rings. The van der Waals surface area contributed by atoms with Gasteiger partial charge in [0.1, 0.15) is 12.2 Å². The molecule has 0 radical (unpaired) electrons. The summed E-state index contributed by atoms with van der Waals surface area (Å²) >= 11 is 0. The van der Waals surface area contributed by atoms with Crippen LogP contribution in [0.25, 0.3) is 0 Å². The Morgan fingerprint density at radius 3 is 2.69 bits per heavy atom. The second-order valence-electron chi connectivity index (χ2n) is 5.30. The Hall–Kier alpha value is -1.03. The normalized spacial score (nSPS) is 31.8. The average molecular weight is 226 g/mol. The molecule has 2 aliphatic heterocycles. The van der Waals surface area contributed by atoms with Crippen LogP contribution in [0.4, 0.5) is 4.79 Å². The van der Waals surface area contributed by atoms with E-state index in [1.165, 1.54) is 0 Å². The third kappa shape index (κ3) is 2.76. The Labute approximate surface area is 95.6 Å². The van der Waals surface area contributed by atoms with Crippen molar-refractivity contribution < 1.29 is 19.0 Å². The van der Waals surface area contributed by atoms with E-state index in [2.05, 4.69) is 6.08 Å². The molecule has 2 aliphatic rings. The fourth-order valence-electron chi connectivity index (χ4n) is 1.98. The monoisotopic (exact) mass is 226 g/mol. The van der Waals surface area contributed by atoms with Crippen molar-refractivity contribution in [3.8, 4) is 0 Å². The molecule has 90 valence electrons. The van der Waals surface area contributed by atoms with Gasteiger partial charge in [0.25, 0.3) is 0 Å². The fraction of sp³-hybridized carbons (Fsp3) is 0.750. The standard InChI is InChI=1S/C12H18O4/c1-12(2,3)16-11(13)14-7-8-6-9-4-5-10(8)15-9/h4-5,8-10H,6-7H2,1-3H3. The lowest BCUT2D eigenvalue weighted by atomic mass is 9.95. The van der Waals surface area contributed by atoms with Gasteiger partial charge >= 0.3 is 6.16 Å². The first-order valence-corrected chi connectivity index (χ1v) is 5.63. The lowest BCUT2D eigenvalue weighted by Gasteiger charge is -2.20. The Morgan fingerprint density at radius 2 is 2.19 bits per heavy atom. The molecule has 0 aromatic carbocycles. The average Bonchev–Trinajstić information content (AvgIpc) is 2.72. The Kier molecular flexibility index (Phi) is 2.93. The maximum Gasteiger partial charge on any atom is 0.508 e. The first-order chi connectivity index (χ1) is 7.44. The minimum Gasteiger partial charge on any atom is -0.434 e. The van der Waals surface area contributed by atoms with E-state index in [-0.39, 0.29) is 18.1 Å². The number of carbonyl (C=O) groups is 1. The van der Waals surface area contributed by atoms with Crippen LogP contribution in [0.1, 0.15) is 27.2 Å². The number of hydrogen-bond acceptors (Lipinski definition) is 4. The molecular weight excluding hydrogens is 208 g/mol. The van der Waals surface area contributed by atoms with Crippen molar-refractivity contribution in [3.63, 3.8) is 0 Å². The number of hydrogen-bond donors (Lipinski definition) is 0. The van der Waals surface area contributed by atoms with Crippen LogP contribution in [0.15, 0.2) is 12.2 Å². The minimum atomic E-state index is -0.598. The van der Waals surface area contributed by atoms with Gasteiger partial charge in [-0.15, -0.1) is 0 Å². The lowest BCUT2D eigenvalue weighted by Crippen LogP contribution is -2.27. The molecule has 1 saturated heterocycles. The zero-order chi connectivity index (χ0) is 11.8. The van der Waals surface area contributed by atoms with Gasteiger partial charge in [-0.2, -0.15) is 0 Å². The molecule has 4 heteroatoms. The van der Waals surface area contributed by atoms with E-state index >= 15 is 0 Å². The maximum absolute atomic E-state index is 11.3. The molecule has 2 bridgehead atoms. The first-order valence-electron chi connectivity index (χ1n) is 5.63. The van der Waals surface area contributed by atoms with Gasteiger partial charge in [-0.1, -0.05) is 12.2 Å². The van der Waals surface area contributed by atoms with Gasteiger partial charge in [0, 0.05) is 5.92 Å². The zero-order valence-electron chi connectivity index (χ0n) is 9.93. The molecule has 2 rings (SSSR count). The maximum atomic E-state index is 11.3. The predicted octanol–water partition coefficient (Wildman–Crippen LogP) is 2.28. The fourth-order valence-corrected chi connectivity index (χ4v) is 1.98. The Morgan fingerprint density at radius 1 is 1.44 bits per heavy atom. The smallest absolute Gasteiger partial charge is 0.434 e. The number of carbonyl (C=O) groups excluding carboxylic acids is 1. The van der Waals surface area contributed by atoms with Crippen molar-refractivity contribution in [2.45, 2.75) is 45.0 Å². The molecule has 3 unspecified atom stereocenters. The Bertz CT molecular complexity index is 303. The topological polar surface area (TPSA) is 44.8 Å². The van der Waals surface area contributed by atoms with Crippen LogP contribution < -0.4 is 0 Å². The molecule has 4 nitrogen and oxygen atoms in total. The van der Waals surface area contributed by atoms with Gasteiger partial charge in [0.2, 0.25) is 0 Å². The molecule has 0 saturated carbocycles. The summed E-state index contributed by atoms with van der Waals surface area (Å²) in [5.74, 6) is 0.280. The molecule has 0 spiro atoms. The minimum absolute atomic E-state index is 0.118. The van der Waals surface area contributed by atoms with Gasteiger partial charge in [0.15, 0.2) is 0 Å². The first kappa shape index (κ1) is 11.5. The number of ether oxygens (including phenoxy) is 3. The van der Waals surface area contributed by atoms with Crippen LogP contribution in [-0.2, 0) is 14.2 Å². The van der Waals surface area contributed by atoms with E-state index in [1.807, 2.05) is 26.8 Å². The van der Waals surface area contributed by atoms with Crippen molar-refractivity contribution in [1.29, 1.82) is 0 Å². The summed E-state index contributed by atoms with van der Waals surface area (Å²) in [5, 5.41) is 0. The van der Waals surface area contributed by atoms with Gasteiger partial charge < -0.3 is 14.2 Å². The number of fused-ring (bicyclic) bond motifs is 2. The lowest BCUT2D eigenvalue weighted by molar-refractivity contribution is -0.0160. The van der Waals surface area contributed by atoms with E-state index in [1.54, 1.807) is 0 Å². The van der Waals surface area contributed by atoms with E-state index in [0.29, 0.717) is 6.61 Å². The van der Waals surface area contributed by atoms with Crippen LogP contribution in [0, 0.1) is 5.92 Å². The van der Waals surface area contributed by atoms with E-state index in [4.69, 9.17) is 14.2 Å². The molecule has 16 heavy (non-hydrogen) atoms. The molecule has 0 aromatic heterocycles. The van der Waals surface area contributed by atoms with Gasteiger partial charge in [-0.25, -0.2) is 4.79 Å². The summed E-state index contributed by atoms with van der Waals surface area (Å²) in [7, 11) is 0. The molecule has 0 aromatic rings. The van der Waals surface area contributed by atoms with Crippen molar-refractivity contribution in [1.82, 2.24) is 0 Å². The Balaban J connectivity index is 1.72. The van der Waals surface area contributed by atoms with Crippen LogP contribution in [0.5, 0.6) is 0 Å². The SMILES string of the molecule is CC(C)(C)OC(=O)OCC1CC2C=CC1O2. The summed E-state index contributed by atoms with van der Waals surface area (Å²) in [5.41, 5.74) is -0.498. The second-order valence-corrected chi connectivity index (χ2v) is 5.30. The zero-order valence-corrected chi connectivity index (χ0v) is 9.93. The van der Waals surface area contributed by atoms with Crippen LogP contribution in [0.2, 0.25) is 0 Å². The third-order valence-electron chi connectivity index (χ3n) is 2.65. The summed E-state index contributed by atoms with van der Waals surface area (Å²) in [6.45, 7) is 5.83. The summed E-state index contributed by atoms with van der Waals surface area (Å²) < 4.78 is 15.7. The van der Waals surface area contributed by atoms with Crippen molar-refractivity contribution >= 4 is 6.16 Å². The summed E-state index contributed by atoms with van der Waals surface area (Å²) in [6.07, 6.45) is 4.78. The molecule has 2 heterocycles. The third-order valence-corrected chi connectivity index (χ3v) is 2.65.